The van der Waals surface area contributed by atoms with Crippen molar-refractivity contribution in [2.24, 2.45) is 5.14 Å². The highest BCUT2D eigenvalue weighted by Crippen LogP contribution is 2.45. The van der Waals surface area contributed by atoms with Crippen molar-refractivity contribution in [1.82, 2.24) is 9.80 Å². The summed E-state index contributed by atoms with van der Waals surface area (Å²) in [6.07, 6.45) is -2.48. The summed E-state index contributed by atoms with van der Waals surface area (Å²) in [5, 5.41) is 4.32. The van der Waals surface area contributed by atoms with Crippen LogP contribution in [-0.4, -0.2) is 88.0 Å². The Morgan fingerprint density at radius 3 is 2.30 bits per heavy atom. The lowest BCUT2D eigenvalue weighted by atomic mass is 10.0. The van der Waals surface area contributed by atoms with Gasteiger partial charge in [0.2, 0.25) is 15.9 Å². The molecule has 0 spiro atoms. The first-order valence-corrected chi connectivity index (χ1v) is 15.1. The van der Waals surface area contributed by atoms with Crippen LogP contribution < -0.4 is 5.14 Å². The first kappa shape index (κ1) is 30.7. The zero-order valence-electron chi connectivity index (χ0n) is 21.3. The molecule has 16 heteroatoms. The fraction of sp³-hybridized carbons (Fsp3) is 0.619. The zero-order chi connectivity index (χ0) is 28.5. The van der Waals surface area contributed by atoms with Gasteiger partial charge in [-0.3, -0.25) is 14.4 Å². The molecule has 4 atom stereocenters. The number of ether oxygens (including phenoxy) is 2. The van der Waals surface area contributed by atoms with Gasteiger partial charge in [0, 0.05) is 26.1 Å². The van der Waals surface area contributed by atoms with Crippen LogP contribution in [0.3, 0.4) is 0 Å². The molecule has 0 aromatic carbocycles. The van der Waals surface area contributed by atoms with Gasteiger partial charge in [0.1, 0.15) is 8.42 Å². The molecular weight excluding hydrogens is 550 g/mol. The van der Waals surface area contributed by atoms with Gasteiger partial charge in [0.05, 0.1) is 17.8 Å². The van der Waals surface area contributed by atoms with Crippen molar-refractivity contribution in [3.8, 4) is 0 Å². The van der Waals surface area contributed by atoms with E-state index in [1.165, 1.54) is 38.8 Å². The second-order valence-electron chi connectivity index (χ2n) is 8.67. The average molecular weight is 582 g/mol. The Labute approximate surface area is 219 Å². The molecule has 1 aromatic heterocycles. The molecule has 13 nitrogen and oxygen atoms in total. The Morgan fingerprint density at radius 2 is 1.78 bits per heavy atom. The number of rotatable bonds is 9. The number of likely N-dealkylation sites (N-methyl/N-ethyl adjacent to an activating group) is 2. The second-order valence-corrected chi connectivity index (χ2v) is 14.1. The molecule has 2 amide bonds. The fourth-order valence-corrected chi connectivity index (χ4v) is 8.27. The number of fused-ring (bicyclic) bond motifs is 1. The normalized spacial score (nSPS) is 20.2. The molecule has 0 saturated carbocycles. The predicted molar refractivity (Wildman–Crippen MR) is 132 cm³/mol. The van der Waals surface area contributed by atoms with Crippen LogP contribution >= 0.6 is 11.3 Å². The van der Waals surface area contributed by atoms with E-state index >= 15 is 0 Å². The number of primary sulfonamides is 1. The molecule has 0 aliphatic carbocycles. The SMILES string of the molecule is CCN(C(=O)CN(C)C(=O)[C@H](C)OC(=O)[C@H](C)OC(C)=O)[C@H]1C[C@H](C)S(=O)(=O)c2sc(S(N)(=O)=O)cc21. The van der Waals surface area contributed by atoms with Crippen LogP contribution in [-0.2, 0) is 48.5 Å². The number of carbonyl (C=O) groups excluding carboxylic acids is 4. The van der Waals surface area contributed by atoms with Gasteiger partial charge in [-0.1, -0.05) is 0 Å². The molecule has 1 aromatic rings. The van der Waals surface area contributed by atoms with Crippen LogP contribution in [0.15, 0.2) is 14.5 Å². The van der Waals surface area contributed by atoms with Crippen molar-refractivity contribution in [2.45, 2.75) is 73.0 Å². The van der Waals surface area contributed by atoms with E-state index in [-0.39, 0.29) is 26.9 Å². The number of sulfonamides is 1. The molecule has 2 rings (SSSR count). The number of thiophene rings is 1. The summed E-state index contributed by atoms with van der Waals surface area (Å²) in [6.45, 7) is 6.58. The van der Waals surface area contributed by atoms with Crippen molar-refractivity contribution in [3.63, 3.8) is 0 Å². The quantitative estimate of drug-likeness (QED) is 0.394. The summed E-state index contributed by atoms with van der Waals surface area (Å²) in [5.41, 5.74) is 0.165. The zero-order valence-corrected chi connectivity index (χ0v) is 23.7. The van der Waals surface area contributed by atoms with Crippen molar-refractivity contribution in [2.75, 3.05) is 20.1 Å². The van der Waals surface area contributed by atoms with E-state index in [9.17, 15) is 36.0 Å². The van der Waals surface area contributed by atoms with Gasteiger partial charge in [-0.2, -0.15) is 0 Å². The Morgan fingerprint density at radius 1 is 1.19 bits per heavy atom. The third kappa shape index (κ3) is 6.86. The summed E-state index contributed by atoms with van der Waals surface area (Å²) in [4.78, 5) is 51.4. The highest BCUT2D eigenvalue weighted by Gasteiger charge is 2.42. The molecule has 0 fully saturated rings. The maximum Gasteiger partial charge on any atom is 0.347 e. The van der Waals surface area contributed by atoms with Gasteiger partial charge in [0.15, 0.2) is 22.0 Å². The summed E-state index contributed by atoms with van der Waals surface area (Å²) in [7, 11) is -6.66. The van der Waals surface area contributed by atoms with Crippen LogP contribution in [0.1, 0.15) is 52.6 Å². The number of nitrogens with two attached hydrogens (primary N) is 1. The van der Waals surface area contributed by atoms with E-state index in [1.54, 1.807) is 6.92 Å². The number of sulfone groups is 1. The molecule has 2 heterocycles. The minimum absolute atomic E-state index is 0.0232. The van der Waals surface area contributed by atoms with Crippen molar-refractivity contribution < 1.29 is 45.5 Å². The smallest absolute Gasteiger partial charge is 0.347 e. The minimum Gasteiger partial charge on any atom is -0.451 e. The first-order valence-electron chi connectivity index (χ1n) is 11.2. The van der Waals surface area contributed by atoms with Gasteiger partial charge in [-0.15, -0.1) is 11.3 Å². The van der Waals surface area contributed by atoms with Crippen LogP contribution in [0.25, 0.3) is 0 Å². The molecule has 0 radical (unpaired) electrons. The summed E-state index contributed by atoms with van der Waals surface area (Å²) in [6, 6.07) is 0.418. The highest BCUT2D eigenvalue weighted by atomic mass is 32.3. The summed E-state index contributed by atoms with van der Waals surface area (Å²) in [5.74, 6) is -2.85. The van der Waals surface area contributed by atoms with E-state index in [0.29, 0.717) is 11.3 Å². The Kier molecular flexibility index (Phi) is 9.49. The number of amides is 2. The predicted octanol–water partition coefficient (Wildman–Crippen LogP) is 0.193. The van der Waals surface area contributed by atoms with E-state index in [1.807, 2.05) is 0 Å². The number of carbonyl (C=O) groups is 4. The lowest BCUT2D eigenvalue weighted by Crippen LogP contribution is -2.47. The topological polar surface area (TPSA) is 188 Å². The molecule has 0 bridgehead atoms. The lowest BCUT2D eigenvalue weighted by molar-refractivity contribution is -0.172. The maximum atomic E-state index is 13.2. The molecule has 1 aliphatic heterocycles. The minimum atomic E-state index is -4.17. The number of hydrogen-bond donors (Lipinski definition) is 1. The maximum absolute atomic E-state index is 13.2. The first-order chi connectivity index (χ1) is 16.9. The molecule has 0 saturated heterocycles. The molecular formula is C21H31N3O10S3. The van der Waals surface area contributed by atoms with Crippen LogP contribution in [0.5, 0.6) is 0 Å². The van der Waals surface area contributed by atoms with Crippen LogP contribution in [0.4, 0.5) is 0 Å². The van der Waals surface area contributed by atoms with E-state index in [0.717, 1.165) is 11.8 Å². The summed E-state index contributed by atoms with van der Waals surface area (Å²) < 4.78 is 58.8. The molecule has 1 aliphatic rings. The monoisotopic (exact) mass is 581 g/mol. The number of nitrogens with zero attached hydrogens (tertiary/aromatic N) is 2. The summed E-state index contributed by atoms with van der Waals surface area (Å²) >= 11 is 0.547. The van der Waals surface area contributed by atoms with Crippen LogP contribution in [0.2, 0.25) is 0 Å². The third-order valence-electron chi connectivity index (χ3n) is 5.79. The van der Waals surface area contributed by atoms with Gasteiger partial charge in [-0.05, 0) is 40.2 Å². The molecule has 208 valence electrons. The van der Waals surface area contributed by atoms with Gasteiger partial charge >= 0.3 is 11.9 Å². The largest absolute Gasteiger partial charge is 0.451 e. The van der Waals surface area contributed by atoms with E-state index in [2.05, 4.69) is 0 Å². The van der Waals surface area contributed by atoms with Crippen LogP contribution in [0, 0.1) is 0 Å². The number of esters is 2. The van der Waals surface area contributed by atoms with E-state index in [4.69, 9.17) is 14.6 Å². The number of hydrogen-bond acceptors (Lipinski definition) is 11. The Bertz CT molecular complexity index is 1290. The Hall–Kier alpha value is -2.56. The van der Waals surface area contributed by atoms with E-state index < -0.39 is 73.7 Å². The van der Waals surface area contributed by atoms with Crippen molar-refractivity contribution >= 4 is 55.0 Å². The molecule has 2 N–H and O–H groups in total. The third-order valence-corrected chi connectivity index (χ3v) is 11.1. The van der Waals surface area contributed by atoms with Crippen molar-refractivity contribution in [3.05, 3.63) is 11.6 Å². The lowest BCUT2D eigenvalue weighted by Gasteiger charge is -2.36. The van der Waals surface area contributed by atoms with Gasteiger partial charge in [0.25, 0.3) is 5.91 Å². The average Bonchev–Trinajstić information content (AvgIpc) is 3.24. The van der Waals surface area contributed by atoms with Crippen molar-refractivity contribution in [1.29, 1.82) is 0 Å². The molecule has 0 unspecified atom stereocenters. The second kappa shape index (κ2) is 11.4. The van der Waals surface area contributed by atoms with Gasteiger partial charge < -0.3 is 19.3 Å². The molecule has 37 heavy (non-hydrogen) atoms. The Balaban J connectivity index is 2.23. The standard InChI is InChI=1S/C21H31N3O10S3/c1-7-24(16-8-11(2)36(29,30)21-15(16)9-18(35-21)37(22,31)32)17(26)10-23(6)19(27)12(3)34-20(28)13(4)33-14(5)25/h9,11-13,16H,7-8,10H2,1-6H3,(H2,22,31,32)/t11-,12-,13-,16-/m0/s1. The van der Waals surface area contributed by atoms with Gasteiger partial charge in [-0.25, -0.2) is 26.8 Å². The highest BCUT2D eigenvalue weighted by molar-refractivity contribution is 7.95. The fourth-order valence-electron chi connectivity index (χ4n) is 3.88.